The highest BCUT2D eigenvalue weighted by Gasteiger charge is 2.24. The molecule has 1 aromatic heterocycles. The van der Waals surface area contributed by atoms with Crippen LogP contribution in [0.5, 0.6) is 0 Å². The van der Waals surface area contributed by atoms with Gasteiger partial charge < -0.3 is 10.2 Å². The molecule has 0 bridgehead atoms. The zero-order valence-corrected chi connectivity index (χ0v) is 15.2. The molecule has 0 atom stereocenters. The van der Waals surface area contributed by atoms with Gasteiger partial charge in [0.05, 0.1) is 18.3 Å². The molecule has 1 saturated heterocycles. The summed E-state index contributed by atoms with van der Waals surface area (Å²) >= 11 is 0. The zero-order valence-electron chi connectivity index (χ0n) is 15.2. The second-order valence-corrected chi connectivity index (χ2v) is 6.82. The van der Waals surface area contributed by atoms with Gasteiger partial charge in [0, 0.05) is 32.3 Å². The first-order valence-electron chi connectivity index (χ1n) is 9.28. The van der Waals surface area contributed by atoms with Crippen LogP contribution >= 0.6 is 0 Å². The monoisotopic (exact) mass is 354 g/mol. The van der Waals surface area contributed by atoms with E-state index in [2.05, 4.69) is 10.4 Å². The van der Waals surface area contributed by atoms with Crippen molar-refractivity contribution in [3.63, 3.8) is 0 Å². The van der Waals surface area contributed by atoms with Gasteiger partial charge in [-0.3, -0.25) is 14.3 Å². The lowest BCUT2D eigenvalue weighted by molar-refractivity contribution is -0.131. The van der Waals surface area contributed by atoms with Gasteiger partial charge in [-0.2, -0.15) is 5.10 Å². The van der Waals surface area contributed by atoms with Crippen molar-refractivity contribution in [3.8, 4) is 0 Å². The number of likely N-dealkylation sites (tertiary alicyclic amines) is 1. The van der Waals surface area contributed by atoms with Gasteiger partial charge in [0.25, 0.3) is 0 Å². The Morgan fingerprint density at radius 2 is 1.92 bits per heavy atom. The number of nitrogens with zero attached hydrogens (tertiary/aromatic N) is 3. The molecule has 1 aromatic carbocycles. The Balaban J connectivity index is 1.41. The molecular weight excluding hydrogens is 328 g/mol. The summed E-state index contributed by atoms with van der Waals surface area (Å²) < 4.78 is 1.78. The fourth-order valence-corrected chi connectivity index (χ4v) is 3.34. The number of anilines is 1. The quantitative estimate of drug-likeness (QED) is 0.867. The first-order valence-corrected chi connectivity index (χ1v) is 9.28. The Morgan fingerprint density at radius 1 is 1.19 bits per heavy atom. The van der Waals surface area contributed by atoms with Crippen LogP contribution in [0.1, 0.15) is 31.7 Å². The fourth-order valence-electron chi connectivity index (χ4n) is 3.34. The minimum Gasteiger partial charge on any atom is -0.342 e. The van der Waals surface area contributed by atoms with E-state index in [1.54, 1.807) is 10.9 Å². The third-order valence-corrected chi connectivity index (χ3v) is 4.88. The molecule has 6 nitrogen and oxygen atoms in total. The van der Waals surface area contributed by atoms with Crippen LogP contribution in [0.25, 0.3) is 0 Å². The van der Waals surface area contributed by atoms with E-state index in [0.717, 1.165) is 43.7 Å². The van der Waals surface area contributed by atoms with E-state index < -0.39 is 0 Å². The number of hydrogen-bond donors (Lipinski definition) is 1. The summed E-state index contributed by atoms with van der Waals surface area (Å²) in [4.78, 5) is 26.5. The molecule has 1 N–H and O–H groups in total. The standard InChI is InChI=1S/C20H26N4O2/c1-2-24-15-18(14-21-24)22-19(25)12-17-8-10-23(11-9-17)20(26)13-16-6-4-3-5-7-16/h3-7,14-15,17H,2,8-13H2,1H3,(H,22,25). The summed E-state index contributed by atoms with van der Waals surface area (Å²) in [6, 6.07) is 9.83. The van der Waals surface area contributed by atoms with Crippen molar-refractivity contribution in [1.82, 2.24) is 14.7 Å². The highest BCUT2D eigenvalue weighted by molar-refractivity contribution is 5.90. The van der Waals surface area contributed by atoms with E-state index in [9.17, 15) is 9.59 Å². The third-order valence-electron chi connectivity index (χ3n) is 4.88. The number of aromatic nitrogens is 2. The van der Waals surface area contributed by atoms with Gasteiger partial charge in [0.15, 0.2) is 0 Å². The van der Waals surface area contributed by atoms with Gasteiger partial charge in [-0.1, -0.05) is 30.3 Å². The number of aryl methyl sites for hydroxylation is 1. The van der Waals surface area contributed by atoms with Gasteiger partial charge in [-0.15, -0.1) is 0 Å². The fraction of sp³-hybridized carbons (Fsp3) is 0.450. The van der Waals surface area contributed by atoms with E-state index in [1.807, 2.05) is 48.4 Å². The van der Waals surface area contributed by atoms with Crippen molar-refractivity contribution >= 4 is 17.5 Å². The summed E-state index contributed by atoms with van der Waals surface area (Å²) in [5, 5.41) is 7.06. The molecule has 0 aliphatic carbocycles. The molecule has 1 fully saturated rings. The summed E-state index contributed by atoms with van der Waals surface area (Å²) in [5.74, 6) is 0.526. The molecule has 0 spiro atoms. The minimum atomic E-state index is 0.0229. The number of piperidine rings is 1. The van der Waals surface area contributed by atoms with Gasteiger partial charge >= 0.3 is 0 Å². The first kappa shape index (κ1) is 18.2. The average Bonchev–Trinajstić information content (AvgIpc) is 3.10. The maximum Gasteiger partial charge on any atom is 0.226 e. The predicted octanol–water partition coefficient (Wildman–Crippen LogP) is 2.71. The Labute approximate surface area is 154 Å². The smallest absolute Gasteiger partial charge is 0.226 e. The topological polar surface area (TPSA) is 67.2 Å². The Hall–Kier alpha value is -2.63. The van der Waals surface area contributed by atoms with E-state index in [0.29, 0.717) is 18.8 Å². The van der Waals surface area contributed by atoms with Crippen LogP contribution in [0.4, 0.5) is 5.69 Å². The highest BCUT2D eigenvalue weighted by Crippen LogP contribution is 2.22. The maximum absolute atomic E-state index is 12.4. The minimum absolute atomic E-state index is 0.0229. The largest absolute Gasteiger partial charge is 0.342 e. The van der Waals surface area contributed by atoms with Crippen molar-refractivity contribution in [2.24, 2.45) is 5.92 Å². The molecule has 3 rings (SSSR count). The summed E-state index contributed by atoms with van der Waals surface area (Å²) in [7, 11) is 0. The number of benzene rings is 1. The molecule has 26 heavy (non-hydrogen) atoms. The lowest BCUT2D eigenvalue weighted by atomic mass is 9.93. The van der Waals surface area contributed by atoms with Crippen LogP contribution in [0.2, 0.25) is 0 Å². The van der Waals surface area contributed by atoms with Crippen LogP contribution in [-0.4, -0.2) is 39.6 Å². The molecule has 2 heterocycles. The summed E-state index contributed by atoms with van der Waals surface area (Å²) in [6.45, 7) is 4.26. The van der Waals surface area contributed by atoms with E-state index in [4.69, 9.17) is 0 Å². The van der Waals surface area contributed by atoms with Crippen molar-refractivity contribution < 1.29 is 9.59 Å². The molecule has 6 heteroatoms. The maximum atomic E-state index is 12.4. The van der Waals surface area contributed by atoms with E-state index >= 15 is 0 Å². The van der Waals surface area contributed by atoms with Crippen LogP contribution in [0.15, 0.2) is 42.7 Å². The van der Waals surface area contributed by atoms with Gasteiger partial charge in [-0.05, 0) is 31.2 Å². The first-order chi connectivity index (χ1) is 12.6. The van der Waals surface area contributed by atoms with Crippen LogP contribution in [0.3, 0.4) is 0 Å². The van der Waals surface area contributed by atoms with Crippen molar-refractivity contribution in [3.05, 3.63) is 48.3 Å². The molecule has 2 aromatic rings. The molecule has 2 amide bonds. The molecule has 138 valence electrons. The number of rotatable bonds is 6. The summed E-state index contributed by atoms with van der Waals surface area (Å²) in [6.07, 6.45) is 6.21. The SMILES string of the molecule is CCn1cc(NC(=O)CC2CCN(C(=O)Cc3ccccc3)CC2)cn1. The zero-order chi connectivity index (χ0) is 18.4. The lowest BCUT2D eigenvalue weighted by Crippen LogP contribution is -2.40. The number of carbonyl (C=O) groups excluding carboxylic acids is 2. The molecule has 1 aliphatic rings. The number of hydrogen-bond acceptors (Lipinski definition) is 3. The van der Waals surface area contributed by atoms with Crippen molar-refractivity contribution in [2.45, 2.75) is 39.2 Å². The molecule has 0 saturated carbocycles. The van der Waals surface area contributed by atoms with Crippen molar-refractivity contribution in [2.75, 3.05) is 18.4 Å². The van der Waals surface area contributed by atoms with E-state index in [1.165, 1.54) is 0 Å². The Morgan fingerprint density at radius 3 is 2.58 bits per heavy atom. The van der Waals surface area contributed by atoms with Gasteiger partial charge in [-0.25, -0.2) is 0 Å². The highest BCUT2D eigenvalue weighted by atomic mass is 16.2. The third kappa shape index (κ3) is 4.94. The van der Waals surface area contributed by atoms with Gasteiger partial charge in [0.2, 0.25) is 11.8 Å². The predicted molar refractivity (Wildman–Crippen MR) is 101 cm³/mol. The van der Waals surface area contributed by atoms with Crippen LogP contribution in [0, 0.1) is 5.92 Å². The van der Waals surface area contributed by atoms with Crippen LogP contribution < -0.4 is 5.32 Å². The molecular formula is C20H26N4O2. The Kier molecular flexibility index (Phi) is 6.04. The number of carbonyl (C=O) groups is 2. The molecule has 0 unspecified atom stereocenters. The second-order valence-electron chi connectivity index (χ2n) is 6.82. The number of nitrogens with one attached hydrogen (secondary N) is 1. The van der Waals surface area contributed by atoms with Crippen molar-refractivity contribution in [1.29, 1.82) is 0 Å². The normalized spacial score (nSPS) is 15.0. The van der Waals surface area contributed by atoms with E-state index in [-0.39, 0.29) is 11.8 Å². The second kappa shape index (κ2) is 8.65. The molecule has 1 aliphatic heterocycles. The summed E-state index contributed by atoms with van der Waals surface area (Å²) in [5.41, 5.74) is 1.79. The molecule has 0 radical (unpaired) electrons. The lowest BCUT2D eigenvalue weighted by Gasteiger charge is -2.31. The number of amides is 2. The average molecular weight is 354 g/mol. The van der Waals surface area contributed by atoms with Gasteiger partial charge in [0.1, 0.15) is 0 Å². The van der Waals surface area contributed by atoms with Crippen LogP contribution in [-0.2, 0) is 22.6 Å². The Bertz CT molecular complexity index is 733.